The van der Waals surface area contributed by atoms with E-state index in [-0.39, 0.29) is 6.10 Å². The Hall–Kier alpha value is -1.85. The second-order valence-electron chi connectivity index (χ2n) is 6.90. The highest BCUT2D eigenvalue weighted by atomic mass is 16.5. The number of hydrogen-bond donors (Lipinski definition) is 2. The van der Waals surface area contributed by atoms with Gasteiger partial charge in [0, 0.05) is 44.5 Å². The highest BCUT2D eigenvalue weighted by Crippen LogP contribution is 2.27. The Bertz CT molecular complexity index is 652. The maximum atomic E-state index is 5.77. The number of hydrogen-bond acceptors (Lipinski definition) is 4. The molecule has 2 atom stereocenters. The molecule has 130 valence electrons. The van der Waals surface area contributed by atoms with Gasteiger partial charge in [-0.1, -0.05) is 12.1 Å². The fourth-order valence-electron chi connectivity index (χ4n) is 3.42. The van der Waals surface area contributed by atoms with Crippen molar-refractivity contribution in [3.8, 4) is 5.75 Å². The molecule has 5 heteroatoms. The van der Waals surface area contributed by atoms with E-state index in [0.29, 0.717) is 11.8 Å². The molecule has 2 aromatic rings. The molecule has 0 radical (unpaired) electrons. The van der Waals surface area contributed by atoms with Crippen LogP contribution >= 0.6 is 0 Å². The summed E-state index contributed by atoms with van der Waals surface area (Å²) in [5.74, 6) is 2.07. The van der Waals surface area contributed by atoms with Crippen molar-refractivity contribution < 1.29 is 4.74 Å². The minimum absolute atomic E-state index is 0.206. The molecule has 0 amide bonds. The van der Waals surface area contributed by atoms with Gasteiger partial charge in [0.25, 0.3) is 0 Å². The van der Waals surface area contributed by atoms with Crippen LogP contribution in [0.3, 0.4) is 0 Å². The van der Waals surface area contributed by atoms with Gasteiger partial charge in [-0.15, -0.1) is 0 Å². The van der Waals surface area contributed by atoms with Crippen LogP contribution in [-0.4, -0.2) is 35.3 Å². The third-order valence-electron chi connectivity index (χ3n) is 4.58. The smallest absolute Gasteiger partial charge is 0.120 e. The van der Waals surface area contributed by atoms with Gasteiger partial charge in [-0.3, -0.25) is 0 Å². The predicted molar refractivity (Wildman–Crippen MR) is 96.2 cm³/mol. The van der Waals surface area contributed by atoms with E-state index in [9.17, 15) is 0 Å². The third kappa shape index (κ3) is 4.16. The molecule has 0 spiro atoms. The highest BCUT2D eigenvalue weighted by Gasteiger charge is 2.29. The van der Waals surface area contributed by atoms with E-state index in [1.54, 1.807) is 0 Å². The van der Waals surface area contributed by atoms with Crippen LogP contribution in [0.2, 0.25) is 0 Å². The molecule has 1 aromatic heterocycles. The van der Waals surface area contributed by atoms with Crippen LogP contribution in [0.25, 0.3) is 0 Å². The maximum absolute atomic E-state index is 5.77. The van der Waals surface area contributed by atoms with Gasteiger partial charge in [-0.25, -0.2) is 4.98 Å². The van der Waals surface area contributed by atoms with Gasteiger partial charge in [0.2, 0.25) is 0 Å². The zero-order valence-corrected chi connectivity index (χ0v) is 14.8. The normalized spacial score (nSPS) is 20.7. The molecule has 24 heavy (non-hydrogen) atoms. The zero-order valence-electron chi connectivity index (χ0n) is 14.8. The molecule has 0 aliphatic carbocycles. The monoisotopic (exact) mass is 328 g/mol. The van der Waals surface area contributed by atoms with E-state index in [1.165, 1.54) is 11.3 Å². The van der Waals surface area contributed by atoms with Gasteiger partial charge in [0.15, 0.2) is 0 Å². The van der Waals surface area contributed by atoms with Crippen LogP contribution in [0, 0.1) is 5.92 Å². The fraction of sp³-hybridized carbons (Fsp3) is 0.526. The first kappa shape index (κ1) is 17.0. The molecule has 1 fully saturated rings. The number of nitrogens with zero attached hydrogens (tertiary/aromatic N) is 2. The summed E-state index contributed by atoms with van der Waals surface area (Å²) in [5.41, 5.74) is 2.58. The van der Waals surface area contributed by atoms with E-state index < -0.39 is 0 Å². The average molecular weight is 328 g/mol. The Balaban J connectivity index is 1.53. The summed E-state index contributed by atoms with van der Waals surface area (Å²) in [6.45, 7) is 8.05. The lowest BCUT2D eigenvalue weighted by Crippen LogP contribution is -2.27. The standard InChI is InChI=1S/C19H28N4O/c1-14(2)24-17-6-4-5-15(7-17)8-20-9-16-10-21-11-18(16)19-12-22-13-23(19)3/h4-7,12-14,16,18,20-21H,8-11H2,1-3H3/t16-,18-/m1/s1. The van der Waals surface area contributed by atoms with E-state index in [4.69, 9.17) is 4.74 Å². The minimum atomic E-state index is 0.206. The molecule has 1 aromatic carbocycles. The Morgan fingerprint density at radius 1 is 1.38 bits per heavy atom. The summed E-state index contributed by atoms with van der Waals surface area (Å²) in [4.78, 5) is 4.26. The summed E-state index contributed by atoms with van der Waals surface area (Å²) in [6.07, 6.45) is 4.09. The van der Waals surface area contributed by atoms with Crippen LogP contribution in [-0.2, 0) is 13.6 Å². The highest BCUT2D eigenvalue weighted by molar-refractivity contribution is 5.28. The molecular formula is C19H28N4O. The van der Waals surface area contributed by atoms with Gasteiger partial charge in [0.1, 0.15) is 5.75 Å². The molecule has 1 aliphatic rings. The lowest BCUT2D eigenvalue weighted by Gasteiger charge is -2.19. The Labute approximate surface area is 144 Å². The largest absolute Gasteiger partial charge is 0.491 e. The minimum Gasteiger partial charge on any atom is -0.491 e. The van der Waals surface area contributed by atoms with E-state index in [1.807, 2.05) is 18.6 Å². The fourth-order valence-corrected chi connectivity index (χ4v) is 3.42. The van der Waals surface area contributed by atoms with Gasteiger partial charge in [0.05, 0.1) is 12.4 Å². The number of aryl methyl sites for hydroxylation is 1. The predicted octanol–water partition coefficient (Wildman–Crippen LogP) is 2.30. The number of imidazole rings is 1. The first-order valence-electron chi connectivity index (χ1n) is 8.76. The number of benzene rings is 1. The van der Waals surface area contributed by atoms with Crippen molar-refractivity contribution in [1.82, 2.24) is 20.2 Å². The first-order chi connectivity index (χ1) is 11.6. The molecule has 2 N–H and O–H groups in total. The van der Waals surface area contributed by atoms with Gasteiger partial charge in [-0.05, 0) is 44.0 Å². The number of rotatable bonds is 7. The van der Waals surface area contributed by atoms with Crippen molar-refractivity contribution >= 4 is 0 Å². The SMILES string of the molecule is CC(C)Oc1cccc(CNC[C@@H]2CNC[C@H]2c2cncn2C)c1. The summed E-state index contributed by atoms with van der Waals surface area (Å²) < 4.78 is 7.90. The quantitative estimate of drug-likeness (QED) is 0.819. The number of aromatic nitrogens is 2. The van der Waals surface area contributed by atoms with E-state index in [0.717, 1.165) is 31.9 Å². The van der Waals surface area contributed by atoms with Crippen molar-refractivity contribution in [3.63, 3.8) is 0 Å². The first-order valence-corrected chi connectivity index (χ1v) is 8.76. The molecule has 1 saturated heterocycles. The molecule has 3 rings (SSSR count). The van der Waals surface area contributed by atoms with Crippen LogP contribution in [0.5, 0.6) is 5.75 Å². The molecule has 2 heterocycles. The summed E-state index contributed by atoms with van der Waals surface area (Å²) in [5, 5.41) is 7.13. The van der Waals surface area contributed by atoms with Crippen molar-refractivity contribution in [2.24, 2.45) is 13.0 Å². The lowest BCUT2D eigenvalue weighted by molar-refractivity contribution is 0.242. The number of nitrogens with one attached hydrogen (secondary N) is 2. The third-order valence-corrected chi connectivity index (χ3v) is 4.58. The average Bonchev–Trinajstić information content (AvgIpc) is 3.15. The second-order valence-corrected chi connectivity index (χ2v) is 6.90. The Kier molecular flexibility index (Phi) is 5.53. The van der Waals surface area contributed by atoms with Crippen LogP contribution in [0.15, 0.2) is 36.8 Å². The van der Waals surface area contributed by atoms with Gasteiger partial charge < -0.3 is 19.9 Å². The molecule has 5 nitrogen and oxygen atoms in total. The van der Waals surface area contributed by atoms with Crippen molar-refractivity contribution in [2.75, 3.05) is 19.6 Å². The van der Waals surface area contributed by atoms with Crippen molar-refractivity contribution in [2.45, 2.75) is 32.4 Å². The van der Waals surface area contributed by atoms with Crippen LogP contribution < -0.4 is 15.4 Å². The van der Waals surface area contributed by atoms with Gasteiger partial charge >= 0.3 is 0 Å². The maximum Gasteiger partial charge on any atom is 0.120 e. The topological polar surface area (TPSA) is 51.1 Å². The Morgan fingerprint density at radius 2 is 2.25 bits per heavy atom. The molecular weight excluding hydrogens is 300 g/mol. The van der Waals surface area contributed by atoms with E-state index >= 15 is 0 Å². The van der Waals surface area contributed by atoms with E-state index in [2.05, 4.69) is 59.3 Å². The Morgan fingerprint density at radius 3 is 3.00 bits per heavy atom. The molecule has 0 unspecified atom stereocenters. The molecule has 1 aliphatic heterocycles. The summed E-state index contributed by atoms with van der Waals surface area (Å²) in [7, 11) is 2.07. The molecule has 0 saturated carbocycles. The van der Waals surface area contributed by atoms with Gasteiger partial charge in [-0.2, -0.15) is 0 Å². The van der Waals surface area contributed by atoms with Crippen LogP contribution in [0.4, 0.5) is 0 Å². The summed E-state index contributed by atoms with van der Waals surface area (Å²) in [6, 6.07) is 8.34. The summed E-state index contributed by atoms with van der Waals surface area (Å²) >= 11 is 0. The van der Waals surface area contributed by atoms with Crippen LogP contribution in [0.1, 0.15) is 31.0 Å². The lowest BCUT2D eigenvalue weighted by atomic mass is 9.93. The van der Waals surface area contributed by atoms with Crippen molar-refractivity contribution in [3.05, 3.63) is 48.0 Å². The zero-order chi connectivity index (χ0) is 16.9. The van der Waals surface area contributed by atoms with Crippen molar-refractivity contribution in [1.29, 1.82) is 0 Å². The number of ether oxygens (including phenoxy) is 1. The second kappa shape index (κ2) is 7.81. The molecule has 0 bridgehead atoms.